The average Bonchev–Trinajstić information content (AvgIpc) is 1.98. The number of carbonyl (C=O) groups is 2. The van der Waals surface area contributed by atoms with Gasteiger partial charge in [0.1, 0.15) is 0 Å². The van der Waals surface area contributed by atoms with Crippen molar-refractivity contribution < 1.29 is 9.59 Å². The van der Waals surface area contributed by atoms with E-state index in [1.807, 2.05) is 6.26 Å². The van der Waals surface area contributed by atoms with Crippen LogP contribution in [0.3, 0.4) is 0 Å². The maximum atomic E-state index is 11.0. The van der Waals surface area contributed by atoms with Crippen molar-refractivity contribution in [1.82, 2.24) is 5.32 Å². The standard InChI is InChI=1S/C7H14N2O2S/c1-5(10)9-7(11)6(8)3-4-12-2/h6H,3-4,8H2,1-2H3,(H,9,10,11). The van der Waals surface area contributed by atoms with Gasteiger partial charge >= 0.3 is 0 Å². The van der Waals surface area contributed by atoms with Crippen molar-refractivity contribution in [3.63, 3.8) is 0 Å². The highest BCUT2D eigenvalue weighted by atomic mass is 32.2. The van der Waals surface area contributed by atoms with Crippen molar-refractivity contribution in [3.8, 4) is 0 Å². The molecule has 0 aromatic heterocycles. The van der Waals surface area contributed by atoms with Crippen LogP contribution in [0.5, 0.6) is 0 Å². The van der Waals surface area contributed by atoms with Crippen LogP contribution in [0.25, 0.3) is 0 Å². The van der Waals surface area contributed by atoms with Crippen LogP contribution >= 0.6 is 11.8 Å². The fourth-order valence-corrected chi connectivity index (χ4v) is 1.13. The van der Waals surface area contributed by atoms with E-state index >= 15 is 0 Å². The molecule has 0 saturated heterocycles. The molecule has 0 spiro atoms. The van der Waals surface area contributed by atoms with E-state index in [1.54, 1.807) is 11.8 Å². The van der Waals surface area contributed by atoms with E-state index < -0.39 is 11.9 Å². The molecule has 0 saturated carbocycles. The summed E-state index contributed by atoms with van der Waals surface area (Å²) in [5, 5.41) is 2.14. The minimum Gasteiger partial charge on any atom is -0.320 e. The quantitative estimate of drug-likeness (QED) is 0.640. The summed E-state index contributed by atoms with van der Waals surface area (Å²) in [6, 6.07) is -0.568. The zero-order valence-corrected chi connectivity index (χ0v) is 8.11. The highest BCUT2D eigenvalue weighted by molar-refractivity contribution is 7.98. The second kappa shape index (κ2) is 6.02. The zero-order valence-electron chi connectivity index (χ0n) is 7.29. The smallest absolute Gasteiger partial charge is 0.243 e. The normalized spacial score (nSPS) is 12.2. The largest absolute Gasteiger partial charge is 0.320 e. The molecule has 4 nitrogen and oxygen atoms in total. The molecule has 70 valence electrons. The predicted molar refractivity (Wildman–Crippen MR) is 49.8 cm³/mol. The Morgan fingerprint density at radius 2 is 2.17 bits per heavy atom. The lowest BCUT2D eigenvalue weighted by Crippen LogP contribution is -2.42. The van der Waals surface area contributed by atoms with E-state index in [0.717, 1.165) is 5.75 Å². The topological polar surface area (TPSA) is 72.2 Å². The summed E-state index contributed by atoms with van der Waals surface area (Å²) < 4.78 is 0. The molecule has 0 aliphatic carbocycles. The van der Waals surface area contributed by atoms with Gasteiger partial charge in [0.25, 0.3) is 0 Å². The molecule has 3 N–H and O–H groups in total. The van der Waals surface area contributed by atoms with Crippen LogP contribution in [0.4, 0.5) is 0 Å². The fraction of sp³-hybridized carbons (Fsp3) is 0.714. The van der Waals surface area contributed by atoms with Crippen LogP contribution in [0.1, 0.15) is 13.3 Å². The highest BCUT2D eigenvalue weighted by Crippen LogP contribution is 1.98. The van der Waals surface area contributed by atoms with Crippen molar-refractivity contribution >= 4 is 23.6 Å². The van der Waals surface area contributed by atoms with Crippen LogP contribution in [0, 0.1) is 0 Å². The second-order valence-electron chi connectivity index (χ2n) is 2.43. The lowest BCUT2D eigenvalue weighted by atomic mass is 10.2. The van der Waals surface area contributed by atoms with Crippen LogP contribution in [0.15, 0.2) is 0 Å². The molecule has 0 aromatic rings. The molecule has 1 unspecified atom stereocenters. The first-order valence-electron chi connectivity index (χ1n) is 3.64. The second-order valence-corrected chi connectivity index (χ2v) is 3.42. The number of nitrogens with one attached hydrogen (secondary N) is 1. The number of rotatable bonds is 4. The van der Waals surface area contributed by atoms with Crippen LogP contribution in [-0.4, -0.2) is 29.9 Å². The number of hydrogen-bond donors (Lipinski definition) is 2. The average molecular weight is 190 g/mol. The van der Waals surface area contributed by atoms with Gasteiger partial charge < -0.3 is 5.73 Å². The molecule has 1 atom stereocenters. The van der Waals surface area contributed by atoms with E-state index in [1.165, 1.54) is 6.92 Å². The van der Waals surface area contributed by atoms with Crippen LogP contribution in [-0.2, 0) is 9.59 Å². The predicted octanol–water partition coefficient (Wildman–Crippen LogP) is -0.271. The van der Waals surface area contributed by atoms with Crippen molar-refractivity contribution in [2.75, 3.05) is 12.0 Å². The van der Waals surface area contributed by atoms with Gasteiger partial charge in [0.2, 0.25) is 11.8 Å². The van der Waals surface area contributed by atoms with Gasteiger partial charge in [-0.2, -0.15) is 11.8 Å². The van der Waals surface area contributed by atoms with Crippen LogP contribution < -0.4 is 11.1 Å². The first kappa shape index (κ1) is 11.4. The number of imide groups is 1. The monoisotopic (exact) mass is 190 g/mol. The molecule has 5 heteroatoms. The molecule has 0 bridgehead atoms. The molecular weight excluding hydrogens is 176 g/mol. The van der Waals surface area contributed by atoms with Gasteiger partial charge in [-0.1, -0.05) is 0 Å². The number of hydrogen-bond acceptors (Lipinski definition) is 4. The summed E-state index contributed by atoms with van der Waals surface area (Å²) in [5.41, 5.74) is 5.47. The molecular formula is C7H14N2O2S. The minimum atomic E-state index is -0.568. The van der Waals surface area contributed by atoms with E-state index in [4.69, 9.17) is 5.73 Å². The molecule has 0 fully saturated rings. The number of carbonyl (C=O) groups excluding carboxylic acids is 2. The lowest BCUT2D eigenvalue weighted by molar-refractivity contribution is -0.130. The lowest BCUT2D eigenvalue weighted by Gasteiger charge is -2.08. The first-order valence-corrected chi connectivity index (χ1v) is 5.03. The van der Waals surface area contributed by atoms with Gasteiger partial charge in [0.05, 0.1) is 6.04 Å². The summed E-state index contributed by atoms with van der Waals surface area (Å²) in [5.74, 6) is 0.0723. The Balaban J connectivity index is 3.69. The van der Waals surface area contributed by atoms with E-state index in [9.17, 15) is 9.59 Å². The van der Waals surface area contributed by atoms with Gasteiger partial charge in [-0.3, -0.25) is 14.9 Å². The number of nitrogens with two attached hydrogens (primary N) is 1. The highest BCUT2D eigenvalue weighted by Gasteiger charge is 2.13. The Kier molecular flexibility index (Phi) is 5.74. The van der Waals surface area contributed by atoms with Crippen LogP contribution in [0.2, 0.25) is 0 Å². The van der Waals surface area contributed by atoms with Crippen molar-refractivity contribution in [2.45, 2.75) is 19.4 Å². The maximum absolute atomic E-state index is 11.0. The summed E-state index contributed by atoms with van der Waals surface area (Å²) in [6.07, 6.45) is 2.54. The Morgan fingerprint density at radius 3 is 2.58 bits per heavy atom. The van der Waals surface area contributed by atoms with Crippen molar-refractivity contribution in [1.29, 1.82) is 0 Å². The molecule has 0 aromatic carbocycles. The van der Waals surface area contributed by atoms with E-state index in [0.29, 0.717) is 6.42 Å². The minimum absolute atomic E-state index is 0.361. The molecule has 0 heterocycles. The summed E-state index contributed by atoms with van der Waals surface area (Å²) in [4.78, 5) is 21.4. The molecule has 0 radical (unpaired) electrons. The third-order valence-corrected chi connectivity index (χ3v) is 1.91. The SMILES string of the molecule is CSCCC(N)C(=O)NC(C)=O. The van der Waals surface area contributed by atoms with E-state index in [-0.39, 0.29) is 5.91 Å². The Morgan fingerprint density at radius 1 is 1.58 bits per heavy atom. The molecule has 0 rings (SSSR count). The third kappa shape index (κ3) is 5.15. The van der Waals surface area contributed by atoms with Gasteiger partial charge in [-0.15, -0.1) is 0 Å². The van der Waals surface area contributed by atoms with Gasteiger partial charge in [0, 0.05) is 6.92 Å². The maximum Gasteiger partial charge on any atom is 0.243 e. The summed E-state index contributed by atoms with van der Waals surface area (Å²) in [6.45, 7) is 1.29. The third-order valence-electron chi connectivity index (χ3n) is 1.27. The van der Waals surface area contributed by atoms with Gasteiger partial charge in [-0.25, -0.2) is 0 Å². The number of amides is 2. The van der Waals surface area contributed by atoms with E-state index in [2.05, 4.69) is 5.32 Å². The van der Waals surface area contributed by atoms with Crippen molar-refractivity contribution in [3.05, 3.63) is 0 Å². The zero-order chi connectivity index (χ0) is 9.56. The van der Waals surface area contributed by atoms with Gasteiger partial charge in [0.15, 0.2) is 0 Å². The molecule has 2 amide bonds. The molecule has 0 aliphatic rings. The Labute approximate surface area is 76.3 Å². The van der Waals surface area contributed by atoms with Gasteiger partial charge in [-0.05, 0) is 18.4 Å². The first-order chi connectivity index (χ1) is 5.57. The Hall–Kier alpha value is -0.550. The number of thioether (sulfide) groups is 1. The molecule has 12 heavy (non-hydrogen) atoms. The molecule has 0 aliphatic heterocycles. The van der Waals surface area contributed by atoms with Crippen molar-refractivity contribution in [2.24, 2.45) is 5.73 Å². The Bertz CT molecular complexity index is 173. The summed E-state index contributed by atoms with van der Waals surface area (Å²) >= 11 is 1.62. The summed E-state index contributed by atoms with van der Waals surface area (Å²) in [7, 11) is 0. The fourth-order valence-electron chi connectivity index (χ4n) is 0.642.